The van der Waals surface area contributed by atoms with Gasteiger partial charge in [-0.3, -0.25) is 9.69 Å². The predicted molar refractivity (Wildman–Crippen MR) is 139 cm³/mol. The fourth-order valence-corrected chi connectivity index (χ4v) is 3.94. The van der Waals surface area contributed by atoms with Crippen LogP contribution in [0.5, 0.6) is 5.75 Å². The SMILES string of the molecule is CC(=O)c1ccc(C)cc1.CC1COc2cc(CN3CCCC3)ccc2C1.CCC(N)CC. The molecule has 0 bridgehead atoms. The van der Waals surface area contributed by atoms with Gasteiger partial charge in [0.15, 0.2) is 5.78 Å². The molecule has 0 radical (unpaired) electrons. The standard InChI is InChI=1S/C15H21NO.C9H10O.C5H13N/c1-12-8-14-5-4-13(9-15(14)17-11-12)10-16-6-2-3-7-16;1-7-3-5-9(6-4-7)8(2)10;1-3-5(6)4-2/h4-5,9,12H,2-3,6-8,10-11H2,1H3;3-6H,1-2H3;5H,3-4,6H2,1-2H3. The first kappa shape index (κ1) is 27.1. The molecule has 4 heteroatoms. The first-order chi connectivity index (χ1) is 15.8. The first-order valence-electron chi connectivity index (χ1n) is 12.6. The highest BCUT2D eigenvalue weighted by Gasteiger charge is 2.17. The van der Waals surface area contributed by atoms with Crippen molar-refractivity contribution in [3.05, 3.63) is 64.7 Å². The van der Waals surface area contributed by atoms with Crippen LogP contribution < -0.4 is 10.5 Å². The zero-order chi connectivity index (χ0) is 24.2. The van der Waals surface area contributed by atoms with Gasteiger partial charge in [-0.1, -0.05) is 62.7 Å². The van der Waals surface area contributed by atoms with Gasteiger partial charge in [0.1, 0.15) is 5.75 Å². The molecule has 2 aliphatic heterocycles. The minimum absolute atomic E-state index is 0.125. The van der Waals surface area contributed by atoms with E-state index in [-0.39, 0.29) is 5.78 Å². The van der Waals surface area contributed by atoms with Crippen LogP contribution in [0.4, 0.5) is 0 Å². The van der Waals surface area contributed by atoms with Gasteiger partial charge in [0.2, 0.25) is 0 Å². The molecule has 2 heterocycles. The number of fused-ring (bicyclic) bond motifs is 1. The van der Waals surface area contributed by atoms with Crippen LogP contribution in [-0.2, 0) is 13.0 Å². The maximum atomic E-state index is 10.8. The van der Waals surface area contributed by atoms with E-state index in [1.807, 2.05) is 31.2 Å². The molecule has 0 spiro atoms. The fraction of sp³-hybridized carbons (Fsp3) is 0.552. The summed E-state index contributed by atoms with van der Waals surface area (Å²) in [5, 5.41) is 0. The summed E-state index contributed by atoms with van der Waals surface area (Å²) in [6.45, 7) is 14.5. The topological polar surface area (TPSA) is 55.6 Å². The number of nitrogens with two attached hydrogens (primary N) is 1. The number of Topliss-reactive ketones (excluding diaryl/α,β-unsaturated/α-hetero) is 1. The van der Waals surface area contributed by atoms with Crippen molar-refractivity contribution >= 4 is 5.78 Å². The monoisotopic (exact) mass is 452 g/mol. The van der Waals surface area contributed by atoms with Crippen LogP contribution in [0.15, 0.2) is 42.5 Å². The minimum Gasteiger partial charge on any atom is -0.493 e. The number of likely N-dealkylation sites (tertiary alicyclic amines) is 1. The van der Waals surface area contributed by atoms with E-state index in [4.69, 9.17) is 10.5 Å². The Kier molecular flexibility index (Phi) is 11.6. The number of carbonyl (C=O) groups excluding carboxylic acids is 1. The molecule has 2 aromatic rings. The summed E-state index contributed by atoms with van der Waals surface area (Å²) >= 11 is 0. The third kappa shape index (κ3) is 9.69. The van der Waals surface area contributed by atoms with Crippen LogP contribution in [0.2, 0.25) is 0 Å². The Bertz CT molecular complexity index is 837. The van der Waals surface area contributed by atoms with E-state index >= 15 is 0 Å². The number of benzene rings is 2. The molecule has 33 heavy (non-hydrogen) atoms. The molecule has 2 aromatic carbocycles. The van der Waals surface area contributed by atoms with Gasteiger partial charge in [-0.15, -0.1) is 0 Å². The molecule has 0 aromatic heterocycles. The molecular formula is C29H44N2O2. The van der Waals surface area contributed by atoms with Crippen LogP contribution in [0.1, 0.15) is 80.4 Å². The third-order valence-electron chi connectivity index (χ3n) is 6.34. The summed E-state index contributed by atoms with van der Waals surface area (Å²) in [5.41, 5.74) is 10.2. The van der Waals surface area contributed by atoms with E-state index in [2.05, 4.69) is 43.9 Å². The molecule has 1 unspecified atom stereocenters. The summed E-state index contributed by atoms with van der Waals surface area (Å²) in [4.78, 5) is 13.3. The molecular weight excluding hydrogens is 408 g/mol. The molecule has 4 rings (SSSR count). The largest absolute Gasteiger partial charge is 0.493 e. The van der Waals surface area contributed by atoms with Crippen molar-refractivity contribution in [2.45, 2.75) is 79.3 Å². The van der Waals surface area contributed by atoms with Gasteiger partial charge in [-0.25, -0.2) is 0 Å². The predicted octanol–water partition coefficient (Wildman–Crippen LogP) is 6.18. The Labute approximate surface area is 201 Å². The molecule has 2 aliphatic rings. The lowest BCUT2D eigenvalue weighted by molar-refractivity contribution is 0.101. The van der Waals surface area contributed by atoms with Gasteiger partial charge in [0.25, 0.3) is 0 Å². The second-order valence-corrected chi connectivity index (χ2v) is 9.54. The van der Waals surface area contributed by atoms with Gasteiger partial charge in [-0.05, 0) is 82.2 Å². The van der Waals surface area contributed by atoms with Crippen molar-refractivity contribution in [3.8, 4) is 5.75 Å². The van der Waals surface area contributed by atoms with Gasteiger partial charge >= 0.3 is 0 Å². The van der Waals surface area contributed by atoms with E-state index in [1.165, 1.54) is 49.0 Å². The van der Waals surface area contributed by atoms with Gasteiger partial charge < -0.3 is 10.5 Å². The van der Waals surface area contributed by atoms with Crippen LogP contribution >= 0.6 is 0 Å². The smallest absolute Gasteiger partial charge is 0.159 e. The molecule has 0 saturated carbocycles. The summed E-state index contributed by atoms with van der Waals surface area (Å²) < 4.78 is 5.82. The molecule has 1 atom stereocenters. The highest BCUT2D eigenvalue weighted by atomic mass is 16.5. The summed E-state index contributed by atoms with van der Waals surface area (Å²) in [6.07, 6.45) is 6.10. The normalized spacial score (nSPS) is 17.2. The van der Waals surface area contributed by atoms with Crippen molar-refractivity contribution in [3.63, 3.8) is 0 Å². The van der Waals surface area contributed by atoms with Crippen molar-refractivity contribution < 1.29 is 9.53 Å². The van der Waals surface area contributed by atoms with Crippen molar-refractivity contribution in [1.29, 1.82) is 0 Å². The number of hydrogen-bond donors (Lipinski definition) is 1. The Hall–Kier alpha value is -2.17. The van der Waals surface area contributed by atoms with Crippen LogP contribution in [0.3, 0.4) is 0 Å². The molecule has 1 saturated heterocycles. The quantitative estimate of drug-likeness (QED) is 0.550. The zero-order valence-corrected chi connectivity index (χ0v) is 21.4. The molecule has 182 valence electrons. The van der Waals surface area contributed by atoms with E-state index < -0.39 is 0 Å². The Morgan fingerprint density at radius 3 is 2.27 bits per heavy atom. The Balaban J connectivity index is 0.000000205. The molecule has 1 fully saturated rings. The lowest BCUT2D eigenvalue weighted by Crippen LogP contribution is -2.20. The van der Waals surface area contributed by atoms with E-state index in [1.54, 1.807) is 6.92 Å². The highest BCUT2D eigenvalue weighted by Crippen LogP contribution is 2.29. The number of ketones is 1. The Morgan fingerprint density at radius 2 is 1.73 bits per heavy atom. The number of rotatable bonds is 5. The Morgan fingerprint density at radius 1 is 1.09 bits per heavy atom. The van der Waals surface area contributed by atoms with E-state index in [9.17, 15) is 4.79 Å². The van der Waals surface area contributed by atoms with Crippen molar-refractivity contribution in [2.75, 3.05) is 19.7 Å². The molecule has 2 N–H and O–H groups in total. The summed E-state index contributed by atoms with van der Waals surface area (Å²) in [6, 6.07) is 14.8. The first-order valence-corrected chi connectivity index (χ1v) is 12.6. The third-order valence-corrected chi connectivity index (χ3v) is 6.34. The van der Waals surface area contributed by atoms with Crippen molar-refractivity contribution in [1.82, 2.24) is 4.90 Å². The fourth-order valence-electron chi connectivity index (χ4n) is 3.94. The maximum Gasteiger partial charge on any atom is 0.159 e. The minimum atomic E-state index is 0.125. The van der Waals surface area contributed by atoms with Gasteiger partial charge in [0, 0.05) is 18.2 Å². The number of aryl methyl sites for hydroxylation is 1. The average molecular weight is 453 g/mol. The molecule has 4 nitrogen and oxygen atoms in total. The maximum absolute atomic E-state index is 10.8. The second-order valence-electron chi connectivity index (χ2n) is 9.54. The molecule has 0 aliphatic carbocycles. The lowest BCUT2D eigenvalue weighted by Gasteiger charge is -2.23. The second kappa shape index (κ2) is 14.2. The van der Waals surface area contributed by atoms with Crippen molar-refractivity contribution in [2.24, 2.45) is 11.7 Å². The number of carbonyl (C=O) groups is 1. The highest BCUT2D eigenvalue weighted by molar-refractivity contribution is 5.93. The zero-order valence-electron chi connectivity index (χ0n) is 21.4. The van der Waals surface area contributed by atoms with Gasteiger partial charge in [0.05, 0.1) is 6.61 Å². The lowest BCUT2D eigenvalue weighted by atomic mass is 9.97. The summed E-state index contributed by atoms with van der Waals surface area (Å²) in [5.74, 6) is 1.91. The van der Waals surface area contributed by atoms with E-state index in [0.717, 1.165) is 37.3 Å². The average Bonchev–Trinajstić information content (AvgIpc) is 3.33. The van der Waals surface area contributed by atoms with Crippen LogP contribution in [-0.4, -0.2) is 36.4 Å². The summed E-state index contributed by atoms with van der Waals surface area (Å²) in [7, 11) is 0. The van der Waals surface area contributed by atoms with Crippen LogP contribution in [0.25, 0.3) is 0 Å². The number of hydrogen-bond acceptors (Lipinski definition) is 4. The van der Waals surface area contributed by atoms with E-state index in [0.29, 0.717) is 12.0 Å². The van der Waals surface area contributed by atoms with Crippen LogP contribution in [0, 0.1) is 12.8 Å². The molecule has 0 amide bonds. The number of ether oxygens (including phenoxy) is 1. The van der Waals surface area contributed by atoms with Gasteiger partial charge in [-0.2, -0.15) is 0 Å². The number of nitrogens with zero attached hydrogens (tertiary/aromatic N) is 1.